The van der Waals surface area contributed by atoms with Crippen LogP contribution in [0.1, 0.15) is 20.8 Å². The van der Waals surface area contributed by atoms with Crippen LogP contribution in [-0.4, -0.2) is 11.6 Å². The summed E-state index contributed by atoms with van der Waals surface area (Å²) in [6, 6.07) is 0. The third-order valence-electron chi connectivity index (χ3n) is 0.775. The van der Waals surface area contributed by atoms with Gasteiger partial charge in [-0.15, -0.1) is 0 Å². The lowest BCUT2D eigenvalue weighted by molar-refractivity contribution is -0.148. The van der Waals surface area contributed by atoms with Gasteiger partial charge >= 0.3 is 5.97 Å². The number of hydrogen-bond donors (Lipinski definition) is 0. The van der Waals surface area contributed by atoms with Crippen LogP contribution in [0.2, 0.25) is 0 Å². The molecule has 0 radical (unpaired) electrons. The van der Waals surface area contributed by atoms with Crippen molar-refractivity contribution in [3.63, 3.8) is 0 Å². The minimum Gasteiger partial charge on any atom is -0.457 e. The normalized spacial score (nSPS) is 11.5. The molecule has 0 aliphatic carbocycles. The van der Waals surface area contributed by atoms with Crippen molar-refractivity contribution in [3.8, 4) is 0 Å². The molecule has 0 unspecified atom stereocenters. The Kier molecular flexibility index (Phi) is 3.58. The van der Waals surface area contributed by atoms with Gasteiger partial charge in [-0.1, -0.05) is 18.7 Å². The lowest BCUT2D eigenvalue weighted by Crippen LogP contribution is -2.22. The lowest BCUT2D eigenvalue weighted by Gasteiger charge is -2.17. The molecule has 0 saturated heterocycles. The highest BCUT2D eigenvalue weighted by Crippen LogP contribution is 2.06. The molecule has 0 amide bonds. The van der Waals surface area contributed by atoms with Gasteiger partial charge in [0, 0.05) is 6.08 Å². The molecule has 0 aromatic heterocycles. The van der Waals surface area contributed by atoms with Crippen LogP contribution in [0, 0.1) is 0 Å². The first-order valence-electron chi connectivity index (χ1n) is 3.48. The molecular formula is C9H14O2. The fourth-order valence-corrected chi connectivity index (χ4v) is 0.482. The number of ether oxygens (including phenoxy) is 1. The first-order valence-corrected chi connectivity index (χ1v) is 3.48. The van der Waals surface area contributed by atoms with E-state index in [0.717, 1.165) is 0 Å². The summed E-state index contributed by atoms with van der Waals surface area (Å²) < 4.78 is 4.97. The van der Waals surface area contributed by atoms with Gasteiger partial charge in [-0.2, -0.15) is 0 Å². The number of rotatable bonds is 2. The van der Waals surface area contributed by atoms with Crippen molar-refractivity contribution < 1.29 is 9.53 Å². The largest absolute Gasteiger partial charge is 0.457 e. The second-order valence-corrected chi connectivity index (χ2v) is 3.13. The van der Waals surface area contributed by atoms with Crippen LogP contribution in [0.3, 0.4) is 0 Å². The molecule has 0 bridgehead atoms. The summed E-state index contributed by atoms with van der Waals surface area (Å²) in [5, 5.41) is 0. The number of allylic oxidation sites excluding steroid dienone is 2. The van der Waals surface area contributed by atoms with E-state index in [1.54, 1.807) is 6.08 Å². The predicted octanol–water partition coefficient (Wildman–Crippen LogP) is 2.07. The maximum Gasteiger partial charge on any atom is 0.331 e. The number of esters is 1. The Hall–Kier alpha value is -1.05. The van der Waals surface area contributed by atoms with Gasteiger partial charge in [0.15, 0.2) is 0 Å². The second-order valence-electron chi connectivity index (χ2n) is 3.13. The Bertz CT molecular complexity index is 172. The Balaban J connectivity index is 3.89. The maximum absolute atomic E-state index is 10.9. The monoisotopic (exact) mass is 154 g/mol. The first kappa shape index (κ1) is 9.95. The second kappa shape index (κ2) is 3.96. The molecule has 2 heteroatoms. The van der Waals surface area contributed by atoms with Gasteiger partial charge in [0.05, 0.1) is 0 Å². The van der Waals surface area contributed by atoms with Gasteiger partial charge in [0.1, 0.15) is 5.60 Å². The van der Waals surface area contributed by atoms with Crippen LogP contribution in [-0.2, 0) is 9.53 Å². The Morgan fingerprint density at radius 3 is 2.36 bits per heavy atom. The first-order chi connectivity index (χ1) is 4.95. The van der Waals surface area contributed by atoms with Crippen LogP contribution >= 0.6 is 0 Å². The molecule has 11 heavy (non-hydrogen) atoms. The summed E-state index contributed by atoms with van der Waals surface area (Å²) in [7, 11) is 0. The lowest BCUT2D eigenvalue weighted by atomic mass is 10.2. The SMILES string of the molecule is C=C/C=C/C(=O)OC(C)(C)C. The van der Waals surface area contributed by atoms with E-state index in [1.165, 1.54) is 12.2 Å². The molecule has 62 valence electrons. The molecule has 0 N–H and O–H groups in total. The van der Waals surface area contributed by atoms with Crippen molar-refractivity contribution in [1.82, 2.24) is 0 Å². The van der Waals surface area contributed by atoms with Crippen molar-refractivity contribution in [1.29, 1.82) is 0 Å². The van der Waals surface area contributed by atoms with Crippen molar-refractivity contribution in [2.75, 3.05) is 0 Å². The standard InChI is InChI=1S/C9H14O2/c1-5-6-7-8(10)11-9(2,3)4/h5-7H,1H2,2-4H3/b7-6+. The maximum atomic E-state index is 10.9. The van der Waals surface area contributed by atoms with Crippen LogP contribution in [0.15, 0.2) is 24.8 Å². The molecule has 0 saturated carbocycles. The molecule has 0 aromatic rings. The van der Waals surface area contributed by atoms with E-state index < -0.39 is 5.60 Å². The molecule has 0 aliphatic rings. The molecular weight excluding hydrogens is 140 g/mol. The highest BCUT2D eigenvalue weighted by molar-refractivity contribution is 5.82. The quantitative estimate of drug-likeness (QED) is 0.346. The van der Waals surface area contributed by atoms with E-state index in [-0.39, 0.29) is 5.97 Å². The van der Waals surface area contributed by atoms with Crippen LogP contribution in [0.25, 0.3) is 0 Å². The minimum absolute atomic E-state index is 0.336. The van der Waals surface area contributed by atoms with Gasteiger partial charge in [0.25, 0.3) is 0 Å². The summed E-state index contributed by atoms with van der Waals surface area (Å²) in [5.74, 6) is -0.336. The van der Waals surface area contributed by atoms with E-state index in [1.807, 2.05) is 20.8 Å². The molecule has 2 nitrogen and oxygen atoms in total. The number of carbonyl (C=O) groups excluding carboxylic acids is 1. The van der Waals surface area contributed by atoms with Crippen molar-refractivity contribution in [3.05, 3.63) is 24.8 Å². The fourth-order valence-electron chi connectivity index (χ4n) is 0.482. The average Bonchev–Trinajstić information content (AvgIpc) is 1.79. The van der Waals surface area contributed by atoms with Crippen LogP contribution in [0.5, 0.6) is 0 Å². The summed E-state index contributed by atoms with van der Waals surface area (Å²) in [4.78, 5) is 10.9. The van der Waals surface area contributed by atoms with Gasteiger partial charge in [-0.25, -0.2) is 4.79 Å². The third kappa shape index (κ3) is 6.84. The summed E-state index contributed by atoms with van der Waals surface area (Å²) in [6.07, 6.45) is 4.43. The van der Waals surface area contributed by atoms with Gasteiger partial charge in [-0.05, 0) is 20.8 Å². The van der Waals surface area contributed by atoms with E-state index in [9.17, 15) is 4.79 Å². The number of carbonyl (C=O) groups is 1. The van der Waals surface area contributed by atoms with Crippen molar-refractivity contribution >= 4 is 5.97 Å². The zero-order valence-corrected chi connectivity index (χ0v) is 7.26. The molecule has 0 aliphatic heterocycles. The van der Waals surface area contributed by atoms with E-state index in [4.69, 9.17) is 4.74 Å². The van der Waals surface area contributed by atoms with Crippen LogP contribution < -0.4 is 0 Å². The molecule has 0 aromatic carbocycles. The molecule has 0 fully saturated rings. The zero-order valence-electron chi connectivity index (χ0n) is 7.26. The minimum atomic E-state index is -0.414. The molecule has 0 heterocycles. The van der Waals surface area contributed by atoms with Crippen LogP contribution in [0.4, 0.5) is 0 Å². The highest BCUT2D eigenvalue weighted by Gasteiger charge is 2.13. The third-order valence-corrected chi connectivity index (χ3v) is 0.775. The molecule has 0 spiro atoms. The van der Waals surface area contributed by atoms with Gasteiger partial charge in [0.2, 0.25) is 0 Å². The average molecular weight is 154 g/mol. The molecule has 0 atom stereocenters. The topological polar surface area (TPSA) is 26.3 Å². The van der Waals surface area contributed by atoms with Crippen molar-refractivity contribution in [2.45, 2.75) is 26.4 Å². The molecule has 0 rings (SSSR count). The smallest absolute Gasteiger partial charge is 0.331 e. The van der Waals surface area contributed by atoms with E-state index in [0.29, 0.717) is 0 Å². The predicted molar refractivity (Wildman–Crippen MR) is 45.2 cm³/mol. The van der Waals surface area contributed by atoms with Gasteiger partial charge < -0.3 is 4.74 Å². The Labute approximate surface area is 67.6 Å². The summed E-state index contributed by atoms with van der Waals surface area (Å²) >= 11 is 0. The van der Waals surface area contributed by atoms with E-state index >= 15 is 0 Å². The highest BCUT2D eigenvalue weighted by atomic mass is 16.6. The summed E-state index contributed by atoms with van der Waals surface area (Å²) in [6.45, 7) is 8.91. The van der Waals surface area contributed by atoms with E-state index in [2.05, 4.69) is 6.58 Å². The Morgan fingerprint density at radius 1 is 1.45 bits per heavy atom. The van der Waals surface area contributed by atoms with Gasteiger partial charge in [-0.3, -0.25) is 0 Å². The van der Waals surface area contributed by atoms with Crippen molar-refractivity contribution in [2.24, 2.45) is 0 Å². The summed E-state index contributed by atoms with van der Waals surface area (Å²) in [5.41, 5.74) is -0.414. The number of hydrogen-bond acceptors (Lipinski definition) is 2. The fraction of sp³-hybridized carbons (Fsp3) is 0.444. The Morgan fingerprint density at radius 2 is 2.00 bits per heavy atom. The zero-order chi connectivity index (χ0) is 8.91.